The summed E-state index contributed by atoms with van der Waals surface area (Å²) in [5.41, 5.74) is 0.577. The normalized spacial score (nSPS) is 22.0. The number of amides is 1. The first-order chi connectivity index (χ1) is 11.7. The van der Waals surface area contributed by atoms with Crippen molar-refractivity contribution >= 4 is 5.91 Å². The second-order valence-electron chi connectivity index (χ2n) is 7.30. The van der Waals surface area contributed by atoms with Crippen molar-refractivity contribution in [3.05, 3.63) is 18.2 Å². The average Bonchev–Trinajstić information content (AvgIpc) is 3.10. The third-order valence-electron chi connectivity index (χ3n) is 5.44. The zero-order valence-electron chi connectivity index (χ0n) is 14.3. The number of carbonyl (C=O) groups excluding carboxylic acids is 1. The Morgan fingerprint density at radius 2 is 2.12 bits per heavy atom. The standard InChI is InChI=1S/C18H27N5O/c19-13-18(6-2-1-3-7-18)22-17(24)12-23-8-4-15(5-9-23)10-16-11-20-14-21-16/h11,14-15H,1-10,12H2,(H,20,21)(H,22,24). The lowest BCUT2D eigenvalue weighted by atomic mass is 9.83. The van der Waals surface area contributed by atoms with Crippen LogP contribution in [0.3, 0.4) is 0 Å². The number of rotatable bonds is 5. The molecule has 1 aliphatic carbocycles. The van der Waals surface area contributed by atoms with Crippen LogP contribution in [0.5, 0.6) is 0 Å². The van der Waals surface area contributed by atoms with E-state index >= 15 is 0 Å². The van der Waals surface area contributed by atoms with Gasteiger partial charge in [0.2, 0.25) is 5.91 Å². The summed E-state index contributed by atoms with van der Waals surface area (Å²) >= 11 is 0. The van der Waals surface area contributed by atoms with Crippen molar-refractivity contribution < 1.29 is 4.79 Å². The molecule has 6 heteroatoms. The SMILES string of the molecule is N#CC1(NC(=O)CN2CCC(Cc3cnc[nH]3)CC2)CCCCC1. The van der Waals surface area contributed by atoms with Crippen molar-refractivity contribution in [3.8, 4) is 6.07 Å². The summed E-state index contributed by atoms with van der Waals surface area (Å²) in [5, 5.41) is 12.5. The summed E-state index contributed by atoms with van der Waals surface area (Å²) in [6, 6.07) is 2.36. The maximum Gasteiger partial charge on any atom is 0.235 e. The van der Waals surface area contributed by atoms with E-state index in [1.807, 2.05) is 6.20 Å². The van der Waals surface area contributed by atoms with Gasteiger partial charge in [0.15, 0.2) is 0 Å². The van der Waals surface area contributed by atoms with Crippen LogP contribution in [0.15, 0.2) is 12.5 Å². The van der Waals surface area contributed by atoms with E-state index < -0.39 is 5.54 Å². The second-order valence-corrected chi connectivity index (χ2v) is 7.30. The number of aromatic amines is 1. The smallest absolute Gasteiger partial charge is 0.235 e. The van der Waals surface area contributed by atoms with Crippen LogP contribution in [0, 0.1) is 17.2 Å². The van der Waals surface area contributed by atoms with Gasteiger partial charge in [-0.2, -0.15) is 5.26 Å². The summed E-state index contributed by atoms with van der Waals surface area (Å²) in [6.07, 6.45) is 11.7. The van der Waals surface area contributed by atoms with E-state index in [0.29, 0.717) is 12.5 Å². The summed E-state index contributed by atoms with van der Waals surface area (Å²) in [6.45, 7) is 2.32. The molecule has 0 spiro atoms. The Kier molecular flexibility index (Phi) is 5.52. The fourth-order valence-electron chi connectivity index (χ4n) is 3.99. The third kappa shape index (κ3) is 4.35. The Labute approximate surface area is 143 Å². The third-order valence-corrected chi connectivity index (χ3v) is 5.44. The molecule has 1 amide bonds. The number of nitrogens with one attached hydrogen (secondary N) is 2. The Hall–Kier alpha value is -1.87. The molecule has 0 unspecified atom stereocenters. The predicted octanol–water partition coefficient (Wildman–Crippen LogP) is 2.01. The minimum Gasteiger partial charge on any atom is -0.348 e. The first kappa shape index (κ1) is 17.0. The summed E-state index contributed by atoms with van der Waals surface area (Å²) in [4.78, 5) is 21.8. The molecule has 1 aromatic heterocycles. The van der Waals surface area contributed by atoms with Gasteiger partial charge in [0, 0.05) is 11.9 Å². The predicted molar refractivity (Wildman–Crippen MR) is 91.0 cm³/mol. The number of nitriles is 1. The number of likely N-dealkylation sites (tertiary alicyclic amines) is 1. The molecule has 1 saturated carbocycles. The van der Waals surface area contributed by atoms with E-state index in [1.54, 1.807) is 6.33 Å². The van der Waals surface area contributed by atoms with Crippen molar-refractivity contribution in [2.45, 2.75) is 56.9 Å². The van der Waals surface area contributed by atoms with Gasteiger partial charge < -0.3 is 10.3 Å². The Morgan fingerprint density at radius 1 is 1.38 bits per heavy atom. The number of nitrogens with zero attached hydrogens (tertiary/aromatic N) is 3. The fraction of sp³-hybridized carbons (Fsp3) is 0.722. The molecule has 2 heterocycles. The highest BCUT2D eigenvalue weighted by molar-refractivity contribution is 5.79. The molecule has 2 fully saturated rings. The van der Waals surface area contributed by atoms with Gasteiger partial charge in [-0.15, -0.1) is 0 Å². The van der Waals surface area contributed by atoms with Crippen LogP contribution in [0.25, 0.3) is 0 Å². The van der Waals surface area contributed by atoms with E-state index in [-0.39, 0.29) is 5.91 Å². The quantitative estimate of drug-likeness (QED) is 0.865. The van der Waals surface area contributed by atoms with Gasteiger partial charge in [-0.25, -0.2) is 4.98 Å². The van der Waals surface area contributed by atoms with Gasteiger partial charge in [-0.1, -0.05) is 19.3 Å². The number of piperidine rings is 1. The molecule has 24 heavy (non-hydrogen) atoms. The van der Waals surface area contributed by atoms with Gasteiger partial charge in [0.1, 0.15) is 5.54 Å². The molecule has 0 bridgehead atoms. The summed E-state index contributed by atoms with van der Waals surface area (Å²) in [5.74, 6) is 0.666. The van der Waals surface area contributed by atoms with E-state index in [0.717, 1.165) is 58.0 Å². The van der Waals surface area contributed by atoms with Crippen molar-refractivity contribution in [2.75, 3.05) is 19.6 Å². The number of hydrogen-bond acceptors (Lipinski definition) is 4. The summed E-state index contributed by atoms with van der Waals surface area (Å²) in [7, 11) is 0. The van der Waals surface area contributed by atoms with Crippen LogP contribution >= 0.6 is 0 Å². The maximum absolute atomic E-state index is 12.4. The van der Waals surface area contributed by atoms with Crippen LogP contribution in [-0.2, 0) is 11.2 Å². The molecule has 130 valence electrons. The molecule has 0 aromatic carbocycles. The largest absolute Gasteiger partial charge is 0.348 e. The molecule has 2 aliphatic rings. The lowest BCUT2D eigenvalue weighted by Gasteiger charge is -2.34. The minimum atomic E-state index is -0.617. The highest BCUT2D eigenvalue weighted by Gasteiger charge is 2.34. The molecule has 2 N–H and O–H groups in total. The summed E-state index contributed by atoms with van der Waals surface area (Å²) < 4.78 is 0. The Morgan fingerprint density at radius 3 is 2.75 bits per heavy atom. The van der Waals surface area contributed by atoms with Crippen molar-refractivity contribution in [1.29, 1.82) is 5.26 Å². The lowest BCUT2D eigenvalue weighted by Crippen LogP contribution is -2.52. The van der Waals surface area contributed by atoms with Gasteiger partial charge in [-0.3, -0.25) is 9.69 Å². The number of imidazole rings is 1. The lowest BCUT2D eigenvalue weighted by molar-refractivity contribution is -0.124. The number of H-pyrrole nitrogens is 1. The Bertz CT molecular complexity index is 563. The van der Waals surface area contributed by atoms with Gasteiger partial charge in [0.05, 0.1) is 18.9 Å². The van der Waals surface area contributed by atoms with Gasteiger partial charge in [-0.05, 0) is 51.1 Å². The van der Waals surface area contributed by atoms with E-state index in [2.05, 4.69) is 26.3 Å². The fourth-order valence-corrected chi connectivity index (χ4v) is 3.99. The molecule has 0 radical (unpaired) electrons. The molecule has 1 aromatic rings. The maximum atomic E-state index is 12.4. The average molecular weight is 329 g/mol. The second kappa shape index (κ2) is 7.80. The molecule has 6 nitrogen and oxygen atoms in total. The molecule has 3 rings (SSSR count). The number of aromatic nitrogens is 2. The number of hydrogen-bond donors (Lipinski definition) is 2. The zero-order chi connectivity index (χ0) is 16.8. The van der Waals surface area contributed by atoms with Crippen LogP contribution in [0.1, 0.15) is 50.6 Å². The molecular formula is C18H27N5O. The zero-order valence-corrected chi connectivity index (χ0v) is 14.3. The monoisotopic (exact) mass is 329 g/mol. The first-order valence-corrected chi connectivity index (χ1v) is 9.11. The minimum absolute atomic E-state index is 0.00506. The van der Waals surface area contributed by atoms with Crippen LogP contribution in [0.2, 0.25) is 0 Å². The van der Waals surface area contributed by atoms with Crippen LogP contribution in [0.4, 0.5) is 0 Å². The van der Waals surface area contributed by atoms with E-state index in [4.69, 9.17) is 0 Å². The van der Waals surface area contributed by atoms with Gasteiger partial charge in [0.25, 0.3) is 0 Å². The highest BCUT2D eigenvalue weighted by Crippen LogP contribution is 2.27. The molecule has 1 saturated heterocycles. The van der Waals surface area contributed by atoms with Crippen LogP contribution < -0.4 is 5.32 Å². The molecule has 1 aliphatic heterocycles. The highest BCUT2D eigenvalue weighted by atomic mass is 16.2. The van der Waals surface area contributed by atoms with Gasteiger partial charge >= 0.3 is 0 Å². The molecular weight excluding hydrogens is 302 g/mol. The Balaban J connectivity index is 1.42. The molecule has 0 atom stereocenters. The topological polar surface area (TPSA) is 84.8 Å². The number of carbonyl (C=O) groups is 1. The van der Waals surface area contributed by atoms with E-state index in [9.17, 15) is 10.1 Å². The van der Waals surface area contributed by atoms with E-state index in [1.165, 1.54) is 12.1 Å². The van der Waals surface area contributed by atoms with Crippen molar-refractivity contribution in [2.24, 2.45) is 5.92 Å². The first-order valence-electron chi connectivity index (χ1n) is 9.11. The van der Waals surface area contributed by atoms with Crippen molar-refractivity contribution in [1.82, 2.24) is 20.2 Å². The van der Waals surface area contributed by atoms with Crippen LogP contribution in [-0.4, -0.2) is 45.9 Å². The van der Waals surface area contributed by atoms with Crippen molar-refractivity contribution in [3.63, 3.8) is 0 Å².